The van der Waals surface area contributed by atoms with Crippen molar-refractivity contribution >= 4 is 12.0 Å². The van der Waals surface area contributed by atoms with Crippen molar-refractivity contribution in [3.8, 4) is 11.8 Å². The zero-order valence-electron chi connectivity index (χ0n) is 11.1. The maximum atomic E-state index is 10.6. The summed E-state index contributed by atoms with van der Waals surface area (Å²) in [5, 5.41) is 17.6. The SMILES string of the molecule is N#Cc1ncccc1COc1ccccc1C=CC(=O)O. The lowest BCUT2D eigenvalue weighted by Crippen LogP contribution is -2.00. The smallest absolute Gasteiger partial charge is 0.328 e. The molecule has 0 aliphatic carbocycles. The Kier molecular flexibility index (Phi) is 4.67. The van der Waals surface area contributed by atoms with Crippen LogP contribution < -0.4 is 4.74 Å². The predicted octanol–water partition coefficient (Wildman–Crippen LogP) is 2.63. The van der Waals surface area contributed by atoms with E-state index in [1.54, 1.807) is 42.6 Å². The molecule has 0 aliphatic rings. The third-order valence-electron chi connectivity index (χ3n) is 2.70. The quantitative estimate of drug-likeness (QED) is 0.851. The van der Waals surface area contributed by atoms with Crippen molar-refractivity contribution in [2.24, 2.45) is 0 Å². The minimum atomic E-state index is -1.02. The van der Waals surface area contributed by atoms with E-state index in [-0.39, 0.29) is 6.61 Å². The number of nitriles is 1. The van der Waals surface area contributed by atoms with Crippen molar-refractivity contribution in [1.82, 2.24) is 4.98 Å². The molecule has 0 aliphatic heterocycles. The lowest BCUT2D eigenvalue weighted by molar-refractivity contribution is -0.131. The molecule has 104 valence electrons. The molecule has 21 heavy (non-hydrogen) atoms. The molecule has 1 heterocycles. The maximum absolute atomic E-state index is 10.6. The molecule has 0 saturated carbocycles. The topological polar surface area (TPSA) is 83.2 Å². The maximum Gasteiger partial charge on any atom is 0.328 e. The Morgan fingerprint density at radius 2 is 2.14 bits per heavy atom. The molecule has 0 fully saturated rings. The van der Waals surface area contributed by atoms with Gasteiger partial charge in [-0.2, -0.15) is 5.26 Å². The largest absolute Gasteiger partial charge is 0.488 e. The molecule has 1 aromatic carbocycles. The van der Waals surface area contributed by atoms with Crippen LogP contribution >= 0.6 is 0 Å². The fraction of sp³-hybridized carbons (Fsp3) is 0.0625. The van der Waals surface area contributed by atoms with Crippen molar-refractivity contribution in [3.05, 3.63) is 65.5 Å². The number of aliphatic carboxylic acids is 1. The summed E-state index contributed by atoms with van der Waals surface area (Å²) in [4.78, 5) is 14.5. The molecule has 2 rings (SSSR count). The minimum absolute atomic E-state index is 0.189. The van der Waals surface area contributed by atoms with Crippen molar-refractivity contribution in [1.29, 1.82) is 5.26 Å². The normalized spacial score (nSPS) is 10.2. The van der Waals surface area contributed by atoms with Gasteiger partial charge in [-0.3, -0.25) is 0 Å². The zero-order chi connectivity index (χ0) is 15.1. The van der Waals surface area contributed by atoms with Gasteiger partial charge < -0.3 is 9.84 Å². The van der Waals surface area contributed by atoms with Crippen molar-refractivity contribution in [2.75, 3.05) is 0 Å². The molecular weight excluding hydrogens is 268 g/mol. The Hall–Kier alpha value is -3.13. The van der Waals surface area contributed by atoms with E-state index >= 15 is 0 Å². The third kappa shape index (κ3) is 3.91. The number of pyridine rings is 1. The highest BCUT2D eigenvalue weighted by molar-refractivity contribution is 5.85. The molecule has 0 saturated heterocycles. The summed E-state index contributed by atoms with van der Waals surface area (Å²) in [6, 6.07) is 12.6. The van der Waals surface area contributed by atoms with Crippen LogP contribution in [0.5, 0.6) is 5.75 Å². The van der Waals surface area contributed by atoms with Gasteiger partial charge in [0.05, 0.1) is 0 Å². The van der Waals surface area contributed by atoms with Gasteiger partial charge in [0.2, 0.25) is 0 Å². The van der Waals surface area contributed by atoms with E-state index in [1.807, 2.05) is 6.07 Å². The molecule has 0 bridgehead atoms. The van der Waals surface area contributed by atoms with Crippen LogP contribution in [0, 0.1) is 11.3 Å². The second kappa shape index (κ2) is 6.87. The number of para-hydroxylation sites is 1. The first-order chi connectivity index (χ1) is 10.2. The number of hydrogen-bond donors (Lipinski definition) is 1. The highest BCUT2D eigenvalue weighted by Gasteiger charge is 2.05. The number of hydrogen-bond acceptors (Lipinski definition) is 4. The number of carboxylic acids is 1. The van der Waals surface area contributed by atoms with Crippen LogP contribution in [0.1, 0.15) is 16.8 Å². The van der Waals surface area contributed by atoms with Crippen LogP contribution in [0.15, 0.2) is 48.7 Å². The van der Waals surface area contributed by atoms with Crippen molar-refractivity contribution in [2.45, 2.75) is 6.61 Å². The third-order valence-corrected chi connectivity index (χ3v) is 2.70. The standard InChI is InChI=1S/C16H12N2O3/c17-10-14-13(5-3-9-18-14)11-21-15-6-2-1-4-12(15)7-8-16(19)20/h1-9H,11H2,(H,19,20). The van der Waals surface area contributed by atoms with Crippen LogP contribution in [0.4, 0.5) is 0 Å². The Bertz CT molecular complexity index is 717. The Morgan fingerprint density at radius 1 is 1.33 bits per heavy atom. The van der Waals surface area contributed by atoms with Crippen molar-refractivity contribution < 1.29 is 14.6 Å². The van der Waals surface area contributed by atoms with Crippen LogP contribution in [0.2, 0.25) is 0 Å². The second-order valence-electron chi connectivity index (χ2n) is 4.12. The average molecular weight is 280 g/mol. The van der Waals surface area contributed by atoms with Crippen LogP contribution in [-0.4, -0.2) is 16.1 Å². The number of rotatable bonds is 5. The second-order valence-corrected chi connectivity index (χ2v) is 4.12. The number of ether oxygens (including phenoxy) is 1. The summed E-state index contributed by atoms with van der Waals surface area (Å²) in [5.41, 5.74) is 1.65. The number of carbonyl (C=O) groups is 1. The number of nitrogens with zero attached hydrogens (tertiary/aromatic N) is 2. The van der Waals surface area contributed by atoms with Crippen molar-refractivity contribution in [3.63, 3.8) is 0 Å². The fourth-order valence-corrected chi connectivity index (χ4v) is 1.72. The van der Waals surface area contributed by atoms with Gasteiger partial charge in [0.1, 0.15) is 24.1 Å². The van der Waals surface area contributed by atoms with E-state index in [1.165, 1.54) is 6.08 Å². The van der Waals surface area contributed by atoms with Crippen LogP contribution in [0.3, 0.4) is 0 Å². The van der Waals surface area contributed by atoms with E-state index in [2.05, 4.69) is 4.98 Å². The summed E-state index contributed by atoms with van der Waals surface area (Å²) in [5.74, 6) is -0.480. The molecule has 5 nitrogen and oxygen atoms in total. The van der Waals surface area contributed by atoms with E-state index in [0.29, 0.717) is 22.6 Å². The first kappa shape index (κ1) is 14.3. The molecule has 0 spiro atoms. The van der Waals surface area contributed by atoms with Crippen LogP contribution in [0.25, 0.3) is 6.08 Å². The van der Waals surface area contributed by atoms with E-state index < -0.39 is 5.97 Å². The lowest BCUT2D eigenvalue weighted by atomic mass is 10.2. The van der Waals surface area contributed by atoms with Gasteiger partial charge in [-0.25, -0.2) is 9.78 Å². The minimum Gasteiger partial charge on any atom is -0.488 e. The van der Waals surface area contributed by atoms with E-state index in [0.717, 1.165) is 6.08 Å². The van der Waals surface area contributed by atoms with Gasteiger partial charge in [0.15, 0.2) is 0 Å². The molecule has 0 unspecified atom stereocenters. The summed E-state index contributed by atoms with van der Waals surface area (Å²) in [7, 11) is 0. The van der Waals surface area contributed by atoms with Gasteiger partial charge in [-0.1, -0.05) is 24.3 Å². The molecular formula is C16H12N2O3. The summed E-state index contributed by atoms with van der Waals surface area (Å²) in [6.07, 6.45) is 4.06. The molecule has 1 aromatic heterocycles. The first-order valence-electron chi connectivity index (χ1n) is 6.17. The molecule has 2 aromatic rings. The Labute approximate surface area is 121 Å². The summed E-state index contributed by atoms with van der Waals surface area (Å²) < 4.78 is 5.66. The summed E-state index contributed by atoms with van der Waals surface area (Å²) >= 11 is 0. The van der Waals surface area contributed by atoms with E-state index in [4.69, 9.17) is 15.1 Å². The molecule has 5 heteroatoms. The average Bonchev–Trinajstić information content (AvgIpc) is 2.51. The zero-order valence-corrected chi connectivity index (χ0v) is 11.1. The number of benzene rings is 1. The number of aromatic nitrogens is 1. The van der Waals surface area contributed by atoms with Gasteiger partial charge >= 0.3 is 5.97 Å². The van der Waals surface area contributed by atoms with Gasteiger partial charge in [0, 0.05) is 23.4 Å². The highest BCUT2D eigenvalue weighted by Crippen LogP contribution is 2.21. The molecule has 0 amide bonds. The molecule has 0 atom stereocenters. The lowest BCUT2D eigenvalue weighted by Gasteiger charge is -2.09. The number of carboxylic acid groups (broad SMARTS) is 1. The van der Waals surface area contributed by atoms with Gasteiger partial charge in [0.25, 0.3) is 0 Å². The van der Waals surface area contributed by atoms with Gasteiger partial charge in [-0.05, 0) is 18.2 Å². The highest BCUT2D eigenvalue weighted by atomic mass is 16.5. The molecule has 0 radical (unpaired) electrons. The molecule has 1 N–H and O–H groups in total. The van der Waals surface area contributed by atoms with Gasteiger partial charge in [-0.15, -0.1) is 0 Å². The Balaban J connectivity index is 2.17. The summed E-state index contributed by atoms with van der Waals surface area (Å²) in [6.45, 7) is 0.189. The fourth-order valence-electron chi connectivity index (χ4n) is 1.72. The Morgan fingerprint density at radius 3 is 2.90 bits per heavy atom. The predicted molar refractivity (Wildman–Crippen MR) is 76.4 cm³/mol. The van der Waals surface area contributed by atoms with Crippen LogP contribution in [-0.2, 0) is 11.4 Å². The van der Waals surface area contributed by atoms with E-state index in [9.17, 15) is 4.79 Å². The monoisotopic (exact) mass is 280 g/mol. The first-order valence-corrected chi connectivity index (χ1v) is 6.17.